The number of sulfonamides is 1. The molecule has 37 heavy (non-hydrogen) atoms. The van der Waals surface area contributed by atoms with Crippen molar-refractivity contribution >= 4 is 39.1 Å². The second kappa shape index (κ2) is 10.8. The Morgan fingerprint density at radius 1 is 0.757 bits per heavy atom. The van der Waals surface area contributed by atoms with Crippen LogP contribution in [0.3, 0.4) is 0 Å². The van der Waals surface area contributed by atoms with E-state index in [0.717, 1.165) is 11.1 Å². The van der Waals surface area contributed by atoms with Crippen molar-refractivity contribution < 1.29 is 8.42 Å². The molecule has 1 aliphatic rings. The molecule has 0 radical (unpaired) electrons. The molecule has 0 aliphatic carbocycles. The van der Waals surface area contributed by atoms with Crippen LogP contribution in [-0.4, -0.2) is 44.2 Å². The molecule has 0 N–H and O–H groups in total. The average molecular weight is 612 g/mol. The third kappa shape index (κ3) is 4.98. The number of rotatable bonds is 7. The Labute approximate surface area is 224 Å². The first-order valence-electron chi connectivity index (χ1n) is 12.5. The standard InChI is InChI=1S/C14H16NO2S.3C6H5.Sn/c1-4-13-10-15(9-12(13)3)18(16,17)14-7-5-11(2)6-8-14;3*1-2-4-6-5-3-1;/h3-8,13H,1,9-10H2,2H3;3*1-5H;. The quantitative estimate of drug-likeness (QED) is 0.229. The van der Waals surface area contributed by atoms with E-state index in [2.05, 4.69) is 102 Å². The number of hydrogen-bond donors (Lipinski definition) is 0. The summed E-state index contributed by atoms with van der Waals surface area (Å²) >= 11 is -3.71. The predicted molar refractivity (Wildman–Crippen MR) is 156 cm³/mol. The summed E-state index contributed by atoms with van der Waals surface area (Å²) in [5.74, 6) is -0.0348. The van der Waals surface area contributed by atoms with Crippen molar-refractivity contribution in [1.29, 1.82) is 0 Å². The summed E-state index contributed by atoms with van der Waals surface area (Å²) in [6.07, 6.45) is 1.91. The number of aryl methyl sites for hydroxylation is 1. The van der Waals surface area contributed by atoms with Crippen molar-refractivity contribution in [2.75, 3.05) is 13.1 Å². The molecule has 0 saturated carbocycles. The summed E-state index contributed by atoms with van der Waals surface area (Å²) in [6, 6.07) is 39.4. The van der Waals surface area contributed by atoms with E-state index in [9.17, 15) is 8.42 Å². The zero-order valence-electron chi connectivity index (χ0n) is 21.0. The maximum atomic E-state index is 13.6. The normalized spacial score (nSPS) is 17.6. The number of hydrogen-bond acceptors (Lipinski definition) is 2. The number of nitrogens with zero attached hydrogens (tertiary/aromatic N) is 1. The maximum absolute atomic E-state index is 13.6. The second-order valence-electron chi connectivity index (χ2n) is 9.58. The van der Waals surface area contributed by atoms with Crippen molar-refractivity contribution in [3.05, 3.63) is 143 Å². The molecule has 0 amide bonds. The Hall–Kier alpha value is -2.93. The molecular formula is C32H31NO2SSn. The summed E-state index contributed by atoms with van der Waals surface area (Å²) in [5, 5.41) is 0. The molecule has 1 heterocycles. The van der Waals surface area contributed by atoms with Gasteiger partial charge >= 0.3 is 226 Å². The molecule has 3 nitrogen and oxygen atoms in total. The van der Waals surface area contributed by atoms with Crippen LogP contribution in [-0.2, 0) is 10.0 Å². The summed E-state index contributed by atoms with van der Waals surface area (Å²) in [6.45, 7) is 6.85. The van der Waals surface area contributed by atoms with Gasteiger partial charge in [-0.1, -0.05) is 0 Å². The van der Waals surface area contributed by atoms with Gasteiger partial charge < -0.3 is 0 Å². The summed E-state index contributed by atoms with van der Waals surface area (Å²) < 4.78 is 35.3. The van der Waals surface area contributed by atoms with Crippen LogP contribution in [0, 0.1) is 12.8 Å². The van der Waals surface area contributed by atoms with Gasteiger partial charge in [-0.3, -0.25) is 0 Å². The van der Waals surface area contributed by atoms with Gasteiger partial charge in [0.2, 0.25) is 0 Å². The molecule has 0 bridgehead atoms. The molecule has 1 saturated heterocycles. The van der Waals surface area contributed by atoms with Gasteiger partial charge in [-0.15, -0.1) is 0 Å². The van der Waals surface area contributed by atoms with Crippen LogP contribution in [0.15, 0.2) is 142 Å². The van der Waals surface area contributed by atoms with E-state index in [-0.39, 0.29) is 5.92 Å². The summed E-state index contributed by atoms with van der Waals surface area (Å²) in [5.41, 5.74) is 2.18. The van der Waals surface area contributed by atoms with Crippen LogP contribution in [0.4, 0.5) is 0 Å². The fourth-order valence-electron chi connectivity index (χ4n) is 5.27. The van der Waals surface area contributed by atoms with Gasteiger partial charge in [0.05, 0.1) is 0 Å². The van der Waals surface area contributed by atoms with E-state index in [1.165, 1.54) is 10.7 Å². The van der Waals surface area contributed by atoms with Crippen LogP contribution < -0.4 is 10.7 Å². The number of benzene rings is 4. The van der Waals surface area contributed by atoms with Gasteiger partial charge in [0.25, 0.3) is 0 Å². The monoisotopic (exact) mass is 613 g/mol. The van der Waals surface area contributed by atoms with E-state index in [1.807, 2.05) is 25.1 Å². The fourth-order valence-corrected chi connectivity index (χ4v) is 19.6. The molecule has 0 aromatic heterocycles. The van der Waals surface area contributed by atoms with Gasteiger partial charge in [-0.05, 0) is 0 Å². The molecule has 4 aromatic carbocycles. The van der Waals surface area contributed by atoms with Crippen LogP contribution >= 0.6 is 0 Å². The molecule has 186 valence electrons. The van der Waals surface area contributed by atoms with Crippen molar-refractivity contribution in [3.63, 3.8) is 0 Å². The molecule has 1 aliphatic heterocycles. The van der Waals surface area contributed by atoms with E-state index >= 15 is 0 Å². The van der Waals surface area contributed by atoms with E-state index < -0.39 is 28.4 Å². The summed E-state index contributed by atoms with van der Waals surface area (Å²) in [4.78, 5) is 0.339. The molecule has 5 rings (SSSR count). The van der Waals surface area contributed by atoms with Crippen LogP contribution in [0.5, 0.6) is 0 Å². The van der Waals surface area contributed by atoms with Crippen LogP contribution in [0.1, 0.15) is 5.56 Å². The minimum absolute atomic E-state index is 0.0348. The molecular weight excluding hydrogens is 581 g/mol. The average Bonchev–Trinajstić information content (AvgIpc) is 3.37. The molecule has 5 heteroatoms. The molecule has 0 spiro atoms. The van der Waals surface area contributed by atoms with Crippen LogP contribution in [0.25, 0.3) is 0 Å². The molecule has 1 atom stereocenters. The Kier molecular flexibility index (Phi) is 7.52. The Balaban J connectivity index is 1.69. The Morgan fingerprint density at radius 3 is 1.65 bits per heavy atom. The van der Waals surface area contributed by atoms with Gasteiger partial charge in [-0.2, -0.15) is 0 Å². The first kappa shape index (κ1) is 25.7. The third-order valence-corrected chi connectivity index (χ3v) is 22.0. The zero-order chi connectivity index (χ0) is 25.9. The topological polar surface area (TPSA) is 37.4 Å². The van der Waals surface area contributed by atoms with Gasteiger partial charge in [0.15, 0.2) is 0 Å². The van der Waals surface area contributed by atoms with E-state index in [4.69, 9.17) is 0 Å². The van der Waals surface area contributed by atoms with Gasteiger partial charge in [0, 0.05) is 0 Å². The first-order chi connectivity index (χ1) is 17.9. The van der Waals surface area contributed by atoms with Crippen molar-refractivity contribution in [3.8, 4) is 0 Å². The van der Waals surface area contributed by atoms with Crippen molar-refractivity contribution in [2.24, 2.45) is 5.92 Å². The van der Waals surface area contributed by atoms with E-state index in [0.29, 0.717) is 18.0 Å². The van der Waals surface area contributed by atoms with Gasteiger partial charge in [-0.25, -0.2) is 0 Å². The Bertz CT molecular complexity index is 1400. The van der Waals surface area contributed by atoms with Crippen LogP contribution in [0.2, 0.25) is 0 Å². The first-order valence-corrected chi connectivity index (χ1v) is 19.9. The fraction of sp³-hybridized carbons (Fsp3) is 0.125. The third-order valence-electron chi connectivity index (χ3n) is 7.27. The van der Waals surface area contributed by atoms with Crippen molar-refractivity contribution in [2.45, 2.75) is 11.8 Å². The molecule has 1 unspecified atom stereocenters. The van der Waals surface area contributed by atoms with E-state index in [1.54, 1.807) is 16.4 Å². The van der Waals surface area contributed by atoms with Gasteiger partial charge in [0.1, 0.15) is 0 Å². The van der Waals surface area contributed by atoms with Crippen molar-refractivity contribution in [1.82, 2.24) is 4.31 Å². The Morgan fingerprint density at radius 2 is 1.22 bits per heavy atom. The molecule has 4 aromatic rings. The summed E-state index contributed by atoms with van der Waals surface area (Å²) in [7, 11) is -3.61. The zero-order valence-corrected chi connectivity index (χ0v) is 24.7. The molecule has 1 fully saturated rings. The minimum atomic E-state index is -3.71. The SMILES string of the molecule is C=CC1CN(S(=O)(=O)c2ccc(C)cc2)C/C1=[CH]\[Sn]([c]1ccccc1)([c]1ccccc1)[c]1ccccc1. The predicted octanol–water partition coefficient (Wildman–Crippen LogP) is 4.44. The second-order valence-corrected chi connectivity index (χ2v) is 21.9.